The average Bonchev–Trinajstić information content (AvgIpc) is 2.43. The summed E-state index contributed by atoms with van der Waals surface area (Å²) < 4.78 is 0. The Balaban J connectivity index is 2.29. The van der Waals surface area contributed by atoms with Gasteiger partial charge in [0.05, 0.1) is 12.1 Å². The van der Waals surface area contributed by atoms with Crippen molar-refractivity contribution in [1.29, 1.82) is 0 Å². The van der Waals surface area contributed by atoms with Crippen LogP contribution in [0.1, 0.15) is 29.7 Å². The molecular formula is C13H18N4OS. The lowest BCUT2D eigenvalue weighted by Gasteiger charge is -2.18. The second-order valence-electron chi connectivity index (χ2n) is 4.59. The highest BCUT2D eigenvalue weighted by Gasteiger charge is 2.16. The first-order valence-electron chi connectivity index (χ1n) is 6.39. The van der Waals surface area contributed by atoms with E-state index in [1.165, 1.54) is 12.0 Å². The number of likely N-dealkylation sites (N-methyl/N-ethyl adjacent to an activating group) is 1. The van der Waals surface area contributed by atoms with Crippen molar-refractivity contribution in [2.45, 2.75) is 25.7 Å². The second kappa shape index (κ2) is 5.97. The first kappa shape index (κ1) is 13.7. The van der Waals surface area contributed by atoms with Gasteiger partial charge in [-0.3, -0.25) is 4.79 Å². The maximum absolute atomic E-state index is 11.3. The molecule has 1 aromatic heterocycles. The Hall–Kier alpha value is -1.69. The van der Waals surface area contributed by atoms with Crippen molar-refractivity contribution in [1.82, 2.24) is 10.3 Å². The minimum Gasteiger partial charge on any atom is -0.389 e. The van der Waals surface area contributed by atoms with Gasteiger partial charge in [0.2, 0.25) is 5.91 Å². The highest BCUT2D eigenvalue weighted by atomic mass is 32.1. The van der Waals surface area contributed by atoms with E-state index in [0.29, 0.717) is 10.8 Å². The van der Waals surface area contributed by atoms with E-state index in [2.05, 4.69) is 15.6 Å². The quantitative estimate of drug-likeness (QED) is 0.708. The number of hydrogen-bond donors (Lipinski definition) is 3. The summed E-state index contributed by atoms with van der Waals surface area (Å²) in [5, 5.41) is 5.56. The lowest BCUT2D eigenvalue weighted by Crippen LogP contribution is -2.28. The van der Waals surface area contributed by atoms with Crippen molar-refractivity contribution in [3.05, 3.63) is 22.9 Å². The van der Waals surface area contributed by atoms with Crippen LogP contribution in [0.25, 0.3) is 0 Å². The van der Waals surface area contributed by atoms with Gasteiger partial charge in [-0.15, -0.1) is 0 Å². The predicted molar refractivity (Wildman–Crippen MR) is 79.3 cm³/mol. The Morgan fingerprint density at radius 3 is 2.89 bits per heavy atom. The lowest BCUT2D eigenvalue weighted by atomic mass is 9.94. The second-order valence-corrected chi connectivity index (χ2v) is 5.03. The third-order valence-corrected chi connectivity index (χ3v) is 3.48. The number of aryl methyl sites for hydroxylation is 2. The number of nitrogens with one attached hydrogen (secondary N) is 2. The van der Waals surface area contributed by atoms with E-state index < -0.39 is 0 Å². The van der Waals surface area contributed by atoms with Crippen LogP contribution in [0, 0.1) is 0 Å². The van der Waals surface area contributed by atoms with E-state index >= 15 is 0 Å². The molecule has 0 spiro atoms. The van der Waals surface area contributed by atoms with E-state index in [1.54, 1.807) is 7.05 Å². The van der Waals surface area contributed by atoms with Crippen molar-refractivity contribution in [3.8, 4) is 0 Å². The van der Waals surface area contributed by atoms with Crippen LogP contribution < -0.4 is 16.4 Å². The monoisotopic (exact) mass is 278 g/mol. The lowest BCUT2D eigenvalue weighted by molar-refractivity contribution is -0.118. The summed E-state index contributed by atoms with van der Waals surface area (Å²) in [6.45, 7) is 0.165. The molecule has 1 aliphatic rings. The van der Waals surface area contributed by atoms with Crippen LogP contribution in [0.5, 0.6) is 0 Å². The van der Waals surface area contributed by atoms with E-state index in [1.807, 2.05) is 6.07 Å². The van der Waals surface area contributed by atoms with Gasteiger partial charge in [0, 0.05) is 12.7 Å². The van der Waals surface area contributed by atoms with Crippen LogP contribution in [-0.4, -0.2) is 29.5 Å². The molecule has 2 rings (SSSR count). The zero-order valence-electron chi connectivity index (χ0n) is 11.0. The number of pyridine rings is 1. The van der Waals surface area contributed by atoms with E-state index in [4.69, 9.17) is 18.0 Å². The van der Waals surface area contributed by atoms with Crippen molar-refractivity contribution < 1.29 is 4.79 Å². The van der Waals surface area contributed by atoms with Crippen molar-refractivity contribution in [3.63, 3.8) is 0 Å². The molecule has 1 amide bonds. The number of rotatable bonds is 4. The number of nitrogens with zero attached hydrogens (tertiary/aromatic N) is 1. The Kier molecular flexibility index (Phi) is 4.31. The molecule has 0 aliphatic heterocycles. The fourth-order valence-corrected chi connectivity index (χ4v) is 2.36. The largest absolute Gasteiger partial charge is 0.389 e. The molecule has 0 saturated heterocycles. The Morgan fingerprint density at radius 2 is 2.21 bits per heavy atom. The fourth-order valence-electron chi connectivity index (χ4n) is 2.21. The van der Waals surface area contributed by atoms with E-state index in [0.717, 1.165) is 30.5 Å². The van der Waals surface area contributed by atoms with Crippen molar-refractivity contribution in [2.75, 3.05) is 18.9 Å². The molecule has 1 aliphatic carbocycles. The molecule has 0 atom stereocenters. The van der Waals surface area contributed by atoms with Gasteiger partial charge in [-0.2, -0.15) is 0 Å². The number of hydrogen-bond acceptors (Lipinski definition) is 4. The Morgan fingerprint density at radius 1 is 1.47 bits per heavy atom. The Labute approximate surface area is 118 Å². The zero-order valence-corrected chi connectivity index (χ0v) is 11.8. The molecule has 1 heterocycles. The molecule has 0 saturated carbocycles. The fraction of sp³-hybridized carbons (Fsp3) is 0.462. The van der Waals surface area contributed by atoms with Crippen LogP contribution in [0.15, 0.2) is 6.07 Å². The van der Waals surface area contributed by atoms with E-state index in [-0.39, 0.29) is 12.5 Å². The first-order chi connectivity index (χ1) is 9.11. The summed E-state index contributed by atoms with van der Waals surface area (Å²) in [7, 11) is 1.60. The number of aromatic nitrogens is 1. The minimum absolute atomic E-state index is 0.103. The smallest absolute Gasteiger partial charge is 0.239 e. The number of carbonyl (C=O) groups excluding carboxylic acids is 1. The number of thiocarbonyl (C=S) groups is 1. The zero-order chi connectivity index (χ0) is 13.8. The van der Waals surface area contributed by atoms with Gasteiger partial charge in [0.1, 0.15) is 10.8 Å². The predicted octanol–water partition coefficient (Wildman–Crippen LogP) is 0.752. The van der Waals surface area contributed by atoms with Crippen LogP contribution in [0.2, 0.25) is 0 Å². The van der Waals surface area contributed by atoms with Gasteiger partial charge in [0.25, 0.3) is 0 Å². The average molecular weight is 278 g/mol. The number of anilines is 1. The van der Waals surface area contributed by atoms with E-state index in [9.17, 15) is 4.79 Å². The number of fused-ring (bicyclic) bond motifs is 1. The van der Waals surface area contributed by atoms with Gasteiger partial charge in [0.15, 0.2) is 0 Å². The van der Waals surface area contributed by atoms with Crippen LogP contribution in [-0.2, 0) is 17.6 Å². The highest BCUT2D eigenvalue weighted by molar-refractivity contribution is 7.80. The molecule has 0 bridgehead atoms. The van der Waals surface area contributed by atoms with Gasteiger partial charge in [-0.25, -0.2) is 4.98 Å². The number of carbonyl (C=O) groups is 1. The summed E-state index contributed by atoms with van der Waals surface area (Å²) in [4.78, 5) is 16.2. The molecule has 6 heteroatoms. The third kappa shape index (κ3) is 3.20. The van der Waals surface area contributed by atoms with Crippen LogP contribution in [0.3, 0.4) is 0 Å². The third-order valence-electron chi connectivity index (χ3n) is 3.26. The first-order valence-corrected chi connectivity index (χ1v) is 6.79. The topological polar surface area (TPSA) is 80.0 Å². The standard InChI is InChI=1S/C13H18N4OS/c1-15-11(18)7-16-13-9(12(14)19)6-8-4-2-3-5-10(8)17-13/h6H,2-5,7H2,1H3,(H2,14,19)(H,15,18)(H,16,17). The molecule has 19 heavy (non-hydrogen) atoms. The number of amides is 1. The molecule has 102 valence electrons. The van der Waals surface area contributed by atoms with Crippen molar-refractivity contribution in [2.24, 2.45) is 5.73 Å². The normalized spacial score (nSPS) is 13.5. The molecule has 0 radical (unpaired) electrons. The van der Waals surface area contributed by atoms with Crippen LogP contribution in [0.4, 0.5) is 5.82 Å². The van der Waals surface area contributed by atoms with Gasteiger partial charge < -0.3 is 16.4 Å². The molecular weight excluding hydrogens is 260 g/mol. The highest BCUT2D eigenvalue weighted by Crippen LogP contribution is 2.24. The summed E-state index contributed by atoms with van der Waals surface area (Å²) >= 11 is 5.06. The SMILES string of the molecule is CNC(=O)CNc1nc2c(cc1C(N)=S)CCCC2. The van der Waals surface area contributed by atoms with Gasteiger partial charge >= 0.3 is 0 Å². The minimum atomic E-state index is -0.103. The molecule has 0 fully saturated rings. The molecule has 0 aromatic carbocycles. The van der Waals surface area contributed by atoms with Crippen molar-refractivity contribution >= 4 is 28.9 Å². The maximum Gasteiger partial charge on any atom is 0.239 e. The summed E-state index contributed by atoms with van der Waals surface area (Å²) in [6, 6.07) is 2.01. The molecule has 0 unspecified atom stereocenters. The summed E-state index contributed by atoms with van der Waals surface area (Å²) in [6.07, 6.45) is 4.33. The summed E-state index contributed by atoms with van der Waals surface area (Å²) in [5.74, 6) is 0.505. The molecule has 5 nitrogen and oxygen atoms in total. The van der Waals surface area contributed by atoms with Gasteiger partial charge in [-0.05, 0) is 37.3 Å². The Bertz CT molecular complexity index is 516. The number of nitrogens with two attached hydrogens (primary N) is 1. The maximum atomic E-state index is 11.3. The summed E-state index contributed by atoms with van der Waals surface area (Å²) in [5.41, 5.74) is 8.77. The van der Waals surface area contributed by atoms with Gasteiger partial charge in [-0.1, -0.05) is 12.2 Å². The molecule has 1 aromatic rings. The molecule has 4 N–H and O–H groups in total. The van der Waals surface area contributed by atoms with Crippen LogP contribution >= 0.6 is 12.2 Å².